The van der Waals surface area contributed by atoms with Crippen molar-refractivity contribution in [3.63, 3.8) is 0 Å². The number of alkyl halides is 6. The molecule has 0 saturated heterocycles. The maximum atomic E-state index is 15.1. The Morgan fingerprint density at radius 3 is 0.858 bits per heavy atom. The third kappa shape index (κ3) is 13.3. The van der Waals surface area contributed by atoms with Gasteiger partial charge in [-0.2, -0.15) is 47.4 Å². The molecule has 0 amide bonds. The average molecular weight is 1760 g/mol. The zero-order valence-electron chi connectivity index (χ0n) is 75.4. The van der Waals surface area contributed by atoms with E-state index < -0.39 is 28.9 Å². The molecule has 0 N–H and O–H groups in total. The molecule has 0 unspecified atom stereocenters. The van der Waals surface area contributed by atoms with Crippen molar-refractivity contribution in [3.8, 4) is 80.7 Å². The highest BCUT2D eigenvalue weighted by Crippen LogP contribution is 2.50. The zero-order chi connectivity index (χ0) is 93.0. The highest BCUT2D eigenvalue weighted by atomic mass is 19.4. The number of fused-ring (bicyclic) bond motifs is 18. The van der Waals surface area contributed by atoms with E-state index in [2.05, 4.69) is 304 Å². The molecule has 0 atom stereocenters. The molecule has 0 spiro atoms. The Hall–Kier alpha value is -16.1. The molecule has 0 aliphatic carbocycles. The number of nitrogens with zero attached hydrogens (tertiary/aromatic N) is 10. The first-order chi connectivity index (χ1) is 64.1. The topological polar surface area (TPSA) is 125 Å². The smallest absolute Gasteiger partial charge is 0.309 e. The van der Waals surface area contributed by atoms with Gasteiger partial charge >= 0.3 is 12.4 Å². The first-order valence-corrected chi connectivity index (χ1v) is 44.8. The van der Waals surface area contributed by atoms with E-state index in [4.69, 9.17) is 0 Å². The fraction of sp³-hybridized carbons (Fsp3) is 0.153. The predicted molar refractivity (Wildman–Crippen MR) is 531 cm³/mol. The SMILES string of the molecule is CC(C)(C)c1ccc2c(c1)c1cc(C(C)(C)C)ccc1n2-c1cc(C#N)c(-c2cc(C#N)cc(C(F)(F)F)c2)cc1-n1c2ccc(C(C)(C)C)cc2c2cc(C(C)(C)Cc3ccc4c(c3)c3ccccc3n4-c3ccc4c5ccccc5n(-c5cc(C#N)c(-c6cc(C#N)cc(C(F)(F)F)c6)cc5-n5c6ccccc6c6ccc(-n7c8ccccc8c8ccccc87)cc65)c4c3)ccc21. The standard InChI is InChI=1S/C118H86F6N10/c1-113(2,3)75-33-42-103-93(55-75)94-56-76(114(4,5)6)34-43-104(94)131(103)109-53-73(66-127)90(71-46-69(64-125)48-79(51-71)117(119,120)121)61-111(109)132-105-44-35-77(115(7,8)9)57-95(105)96-58-78(36-45-106(96)132)116(10,11)63-68-32-41-102-92(50-68)87-26-16-19-29-99(87)130(102)82-38-40-88-85-24-14-20-30-100(85)133(107(88)60-82)110-54-74(67-128)91(72-47-70(65-126)49-80(52-72)118(122,123)124)62-112(110)134-101-31-21-15-25-86(101)89-39-37-81(59-108(89)134)129-97-27-17-12-22-83(97)84-23-13-18-28-98(84)129/h12-62H,63H2,1-11H3. The molecule has 22 rings (SSSR count). The summed E-state index contributed by atoms with van der Waals surface area (Å²) < 4.78 is 104. The van der Waals surface area contributed by atoms with E-state index in [1.165, 1.54) is 12.1 Å². The molecule has 16 heteroatoms. The van der Waals surface area contributed by atoms with Crippen LogP contribution in [0.5, 0.6) is 0 Å². The third-order valence-electron chi connectivity index (χ3n) is 27.5. The molecular formula is C118H86F6N10. The van der Waals surface area contributed by atoms with Crippen molar-refractivity contribution in [2.45, 2.75) is 117 Å². The molecular weight excluding hydrogens is 1670 g/mol. The minimum atomic E-state index is -4.82. The second-order valence-corrected chi connectivity index (χ2v) is 39.4. The average Bonchev–Trinajstić information content (AvgIpc) is 1.55. The Balaban J connectivity index is 0.711. The van der Waals surface area contributed by atoms with Crippen LogP contribution in [0, 0.1) is 45.3 Å². The largest absolute Gasteiger partial charge is 0.416 e. The van der Waals surface area contributed by atoms with E-state index in [0.717, 1.165) is 194 Å². The van der Waals surface area contributed by atoms with Gasteiger partial charge in [-0.1, -0.05) is 210 Å². The van der Waals surface area contributed by atoms with Crippen LogP contribution in [0.15, 0.2) is 309 Å². The Morgan fingerprint density at radius 2 is 0.515 bits per heavy atom. The van der Waals surface area contributed by atoms with Gasteiger partial charge in [0, 0.05) is 87.1 Å². The van der Waals surface area contributed by atoms with Crippen LogP contribution in [0.25, 0.3) is 187 Å². The molecule has 134 heavy (non-hydrogen) atoms. The van der Waals surface area contributed by atoms with Crippen molar-refractivity contribution in [3.05, 3.63) is 371 Å². The second kappa shape index (κ2) is 29.9. The van der Waals surface area contributed by atoms with Gasteiger partial charge < -0.3 is 27.4 Å². The monoisotopic (exact) mass is 1760 g/mol. The summed E-state index contributed by atoms with van der Waals surface area (Å²) in [5.74, 6) is 0. The van der Waals surface area contributed by atoms with Crippen LogP contribution >= 0.6 is 0 Å². The van der Waals surface area contributed by atoms with Crippen LogP contribution in [-0.2, 0) is 40.4 Å². The van der Waals surface area contributed by atoms with E-state index in [1.807, 2.05) is 91.0 Å². The van der Waals surface area contributed by atoms with Crippen molar-refractivity contribution in [1.82, 2.24) is 27.4 Å². The molecule has 10 nitrogen and oxygen atoms in total. The normalized spacial score (nSPS) is 12.7. The molecule has 0 bridgehead atoms. The summed E-state index contributed by atoms with van der Waals surface area (Å²) in [4.78, 5) is 0. The predicted octanol–water partition coefficient (Wildman–Crippen LogP) is 31.5. The summed E-state index contributed by atoms with van der Waals surface area (Å²) in [6.07, 6.45) is -9.03. The van der Waals surface area contributed by atoms with E-state index in [0.29, 0.717) is 29.2 Å². The molecule has 0 fully saturated rings. The Kier molecular flexibility index (Phi) is 18.7. The highest BCUT2D eigenvalue weighted by molar-refractivity contribution is 6.17. The molecule has 16 aromatic carbocycles. The number of aromatic nitrogens is 6. The molecule has 650 valence electrons. The summed E-state index contributed by atoms with van der Waals surface area (Å²) in [5.41, 5.74) is 17.2. The number of halogens is 6. The quantitative estimate of drug-likeness (QED) is 0.120. The van der Waals surface area contributed by atoms with Gasteiger partial charge in [0.1, 0.15) is 0 Å². The Labute approximate surface area is 768 Å². The second-order valence-electron chi connectivity index (χ2n) is 39.4. The van der Waals surface area contributed by atoms with E-state index in [1.54, 1.807) is 6.07 Å². The number of para-hydroxylation sites is 5. The lowest BCUT2D eigenvalue weighted by atomic mass is 9.78. The summed E-state index contributed by atoms with van der Waals surface area (Å²) >= 11 is 0. The van der Waals surface area contributed by atoms with Crippen LogP contribution in [0.4, 0.5) is 26.3 Å². The number of rotatable bonds is 11. The molecule has 0 radical (unpaired) electrons. The molecule has 22 aromatic rings. The van der Waals surface area contributed by atoms with Crippen LogP contribution in [0.1, 0.15) is 137 Å². The van der Waals surface area contributed by atoms with Gasteiger partial charge in [-0.25, -0.2) is 0 Å². The lowest BCUT2D eigenvalue weighted by molar-refractivity contribution is -0.138. The van der Waals surface area contributed by atoms with Crippen LogP contribution in [-0.4, -0.2) is 27.4 Å². The Bertz CT molecular complexity index is 8920. The highest BCUT2D eigenvalue weighted by Gasteiger charge is 2.36. The molecule has 0 aliphatic rings. The third-order valence-corrected chi connectivity index (χ3v) is 27.5. The van der Waals surface area contributed by atoms with E-state index in [-0.39, 0.29) is 60.8 Å². The number of hydrogen-bond acceptors (Lipinski definition) is 4. The van der Waals surface area contributed by atoms with Gasteiger partial charge in [-0.3, -0.25) is 0 Å². The lowest BCUT2D eigenvalue weighted by Crippen LogP contribution is -2.20. The van der Waals surface area contributed by atoms with Gasteiger partial charge in [0.2, 0.25) is 0 Å². The number of hydrogen-bond donors (Lipinski definition) is 0. The van der Waals surface area contributed by atoms with Crippen LogP contribution in [0.2, 0.25) is 0 Å². The molecule has 6 aromatic heterocycles. The first kappa shape index (κ1) is 83.5. The maximum absolute atomic E-state index is 15.1. The van der Waals surface area contributed by atoms with Gasteiger partial charge in [0.05, 0.1) is 147 Å². The summed E-state index contributed by atoms with van der Waals surface area (Å²) in [6.45, 7) is 24.3. The molecule has 0 aliphatic heterocycles. The maximum Gasteiger partial charge on any atom is 0.416 e. The number of benzene rings is 16. The summed E-state index contributed by atoms with van der Waals surface area (Å²) in [7, 11) is 0. The minimum absolute atomic E-state index is 0.0572. The van der Waals surface area contributed by atoms with Crippen LogP contribution < -0.4 is 0 Å². The minimum Gasteiger partial charge on any atom is -0.309 e. The van der Waals surface area contributed by atoms with E-state index >= 15 is 26.3 Å². The number of nitriles is 4. The molecule has 6 heterocycles. The fourth-order valence-corrected chi connectivity index (χ4v) is 20.9. The van der Waals surface area contributed by atoms with E-state index in [9.17, 15) is 21.0 Å². The lowest BCUT2D eigenvalue weighted by Gasteiger charge is -2.26. The summed E-state index contributed by atoms with van der Waals surface area (Å²) in [5, 5.41) is 55.7. The Morgan fingerprint density at radius 1 is 0.231 bits per heavy atom. The molecule has 0 saturated carbocycles. The van der Waals surface area contributed by atoms with Crippen molar-refractivity contribution in [2.24, 2.45) is 0 Å². The van der Waals surface area contributed by atoms with Gasteiger partial charge in [0.25, 0.3) is 0 Å². The van der Waals surface area contributed by atoms with Crippen LogP contribution in [0.3, 0.4) is 0 Å². The zero-order valence-corrected chi connectivity index (χ0v) is 75.4. The summed E-state index contributed by atoms with van der Waals surface area (Å²) in [6, 6.07) is 110. The van der Waals surface area contributed by atoms with Gasteiger partial charge in [0.15, 0.2) is 0 Å². The van der Waals surface area contributed by atoms with Crippen molar-refractivity contribution >= 4 is 131 Å². The van der Waals surface area contributed by atoms with Gasteiger partial charge in [-0.15, -0.1) is 0 Å². The fourth-order valence-electron chi connectivity index (χ4n) is 20.9. The van der Waals surface area contributed by atoms with Crippen molar-refractivity contribution in [2.75, 3.05) is 0 Å². The van der Waals surface area contributed by atoms with Crippen molar-refractivity contribution < 1.29 is 26.3 Å². The van der Waals surface area contributed by atoms with Gasteiger partial charge in [-0.05, 0) is 243 Å². The van der Waals surface area contributed by atoms with Crippen molar-refractivity contribution in [1.29, 1.82) is 21.0 Å². The first-order valence-electron chi connectivity index (χ1n) is 44.8.